The molecule has 0 unspecified atom stereocenters. The van der Waals surface area contributed by atoms with Crippen LogP contribution in [0.3, 0.4) is 0 Å². The third-order valence-corrected chi connectivity index (χ3v) is 5.38. The predicted molar refractivity (Wildman–Crippen MR) is 121 cm³/mol. The number of carbonyl (C=O) groups is 1. The summed E-state index contributed by atoms with van der Waals surface area (Å²) in [6, 6.07) is 5.36. The van der Waals surface area contributed by atoms with E-state index in [2.05, 4.69) is 31.4 Å². The minimum absolute atomic E-state index is 0.115. The van der Waals surface area contributed by atoms with Gasteiger partial charge in [0.2, 0.25) is 5.82 Å². The van der Waals surface area contributed by atoms with Gasteiger partial charge in [0.1, 0.15) is 11.4 Å². The van der Waals surface area contributed by atoms with Crippen molar-refractivity contribution in [3.63, 3.8) is 0 Å². The van der Waals surface area contributed by atoms with Gasteiger partial charge in [-0.3, -0.25) is 9.36 Å². The first-order valence-electron chi connectivity index (χ1n) is 10.1. The smallest absolute Gasteiger partial charge is 0.410 e. The van der Waals surface area contributed by atoms with Gasteiger partial charge in [-0.25, -0.2) is 4.79 Å². The quantitative estimate of drug-likeness (QED) is 0.696. The summed E-state index contributed by atoms with van der Waals surface area (Å²) in [5, 5.41) is 11.6. The molecule has 1 fully saturated rings. The van der Waals surface area contributed by atoms with Crippen LogP contribution >= 0.6 is 15.9 Å². The summed E-state index contributed by atoms with van der Waals surface area (Å²) in [7, 11) is 3.21. The highest BCUT2D eigenvalue weighted by molar-refractivity contribution is 9.10. The normalized spacial score (nSPS) is 16.7. The Labute approximate surface area is 189 Å². The van der Waals surface area contributed by atoms with E-state index in [-0.39, 0.29) is 23.5 Å². The molecule has 2 aromatic rings. The van der Waals surface area contributed by atoms with Gasteiger partial charge in [0.05, 0.1) is 12.7 Å². The highest BCUT2D eigenvalue weighted by Gasteiger charge is 2.28. The van der Waals surface area contributed by atoms with Gasteiger partial charge in [-0.1, -0.05) is 15.9 Å². The van der Waals surface area contributed by atoms with E-state index < -0.39 is 5.60 Å². The summed E-state index contributed by atoms with van der Waals surface area (Å²) in [5.74, 6) is 1.14. The SMILES string of the molecule is COc1cc(Br)ccc1-c1nnc(N[C@@H]2CCCN(C(=O)OC(C)(C)C)C2)c(=O)n1C. The van der Waals surface area contributed by atoms with Crippen LogP contribution in [0.15, 0.2) is 27.5 Å². The highest BCUT2D eigenvalue weighted by Crippen LogP contribution is 2.30. The van der Waals surface area contributed by atoms with Crippen LogP contribution in [0.25, 0.3) is 11.4 Å². The van der Waals surface area contributed by atoms with Crippen molar-refractivity contribution in [3.8, 4) is 17.1 Å². The van der Waals surface area contributed by atoms with E-state index in [4.69, 9.17) is 9.47 Å². The number of aromatic nitrogens is 3. The molecule has 0 spiro atoms. The molecule has 1 aromatic carbocycles. The highest BCUT2D eigenvalue weighted by atomic mass is 79.9. The van der Waals surface area contributed by atoms with Crippen molar-refractivity contribution in [2.45, 2.75) is 45.3 Å². The molecule has 1 saturated heterocycles. The van der Waals surface area contributed by atoms with Crippen LogP contribution in [0.5, 0.6) is 5.75 Å². The fraction of sp³-hybridized carbons (Fsp3) is 0.524. The molecule has 1 amide bonds. The number of piperidine rings is 1. The lowest BCUT2D eigenvalue weighted by atomic mass is 10.1. The van der Waals surface area contributed by atoms with Crippen LogP contribution in [0.4, 0.5) is 10.6 Å². The Morgan fingerprint density at radius 1 is 1.29 bits per heavy atom. The lowest BCUT2D eigenvalue weighted by Crippen LogP contribution is -2.47. The van der Waals surface area contributed by atoms with Gasteiger partial charge < -0.3 is 19.7 Å². The molecule has 0 aliphatic carbocycles. The van der Waals surface area contributed by atoms with E-state index in [0.29, 0.717) is 30.2 Å². The van der Waals surface area contributed by atoms with E-state index in [1.54, 1.807) is 25.1 Å². The Morgan fingerprint density at radius 2 is 2.03 bits per heavy atom. The molecular weight excluding hydrogens is 466 g/mol. The van der Waals surface area contributed by atoms with Crippen LogP contribution in [-0.2, 0) is 11.8 Å². The van der Waals surface area contributed by atoms with E-state index in [9.17, 15) is 9.59 Å². The van der Waals surface area contributed by atoms with Crippen molar-refractivity contribution in [1.82, 2.24) is 19.7 Å². The summed E-state index contributed by atoms with van der Waals surface area (Å²) >= 11 is 3.41. The number of carbonyl (C=O) groups excluding carboxylic acids is 1. The van der Waals surface area contributed by atoms with Gasteiger partial charge in [0.25, 0.3) is 5.56 Å². The van der Waals surface area contributed by atoms with Crippen molar-refractivity contribution in [2.75, 3.05) is 25.5 Å². The molecule has 10 heteroatoms. The maximum Gasteiger partial charge on any atom is 0.410 e. The zero-order valence-electron chi connectivity index (χ0n) is 18.4. The first-order chi connectivity index (χ1) is 14.6. The second-order valence-electron chi connectivity index (χ2n) is 8.49. The molecule has 2 heterocycles. The van der Waals surface area contributed by atoms with Crippen LogP contribution in [0, 0.1) is 0 Å². The zero-order valence-corrected chi connectivity index (χ0v) is 20.0. The number of hydrogen-bond acceptors (Lipinski definition) is 7. The van der Waals surface area contributed by atoms with Crippen molar-refractivity contribution in [2.24, 2.45) is 7.05 Å². The molecule has 31 heavy (non-hydrogen) atoms. The standard InChI is InChI=1S/C21H28BrN5O4/c1-21(2,3)31-20(29)27-10-6-7-14(12-27)23-17-19(28)26(4)18(25-24-17)15-9-8-13(22)11-16(15)30-5/h8-9,11,14H,6-7,10,12H2,1-5H3,(H,23,24)/t14-/m1/s1. The number of methoxy groups -OCH3 is 1. The minimum atomic E-state index is -0.553. The molecule has 0 radical (unpaired) electrons. The van der Waals surface area contributed by atoms with E-state index in [1.807, 2.05) is 32.9 Å². The van der Waals surface area contributed by atoms with Gasteiger partial charge in [-0.15, -0.1) is 10.2 Å². The average molecular weight is 494 g/mol. The van der Waals surface area contributed by atoms with E-state index in [0.717, 1.165) is 17.3 Å². The number of rotatable bonds is 4. The minimum Gasteiger partial charge on any atom is -0.496 e. The molecular formula is C21H28BrN5O4. The first kappa shape index (κ1) is 23.1. The van der Waals surface area contributed by atoms with Gasteiger partial charge in [-0.2, -0.15) is 0 Å². The molecule has 1 N–H and O–H groups in total. The molecule has 1 aliphatic heterocycles. The molecule has 3 rings (SSSR count). The van der Waals surface area contributed by atoms with Crippen LogP contribution in [-0.4, -0.2) is 57.6 Å². The molecule has 1 aromatic heterocycles. The van der Waals surface area contributed by atoms with Gasteiger partial charge in [0, 0.05) is 30.7 Å². The van der Waals surface area contributed by atoms with Crippen molar-refractivity contribution in [1.29, 1.82) is 0 Å². The fourth-order valence-electron chi connectivity index (χ4n) is 3.42. The van der Waals surface area contributed by atoms with Crippen LogP contribution in [0.2, 0.25) is 0 Å². The molecule has 1 atom stereocenters. The number of halogens is 1. The number of anilines is 1. The predicted octanol–water partition coefficient (Wildman–Crippen LogP) is 3.42. The molecule has 168 valence electrons. The molecule has 0 saturated carbocycles. The second kappa shape index (κ2) is 9.25. The van der Waals surface area contributed by atoms with Crippen molar-refractivity contribution < 1.29 is 14.3 Å². The van der Waals surface area contributed by atoms with Gasteiger partial charge in [-0.05, 0) is 51.8 Å². The number of likely N-dealkylation sites (tertiary alicyclic amines) is 1. The maximum absolute atomic E-state index is 12.9. The third kappa shape index (κ3) is 5.55. The maximum atomic E-state index is 12.9. The van der Waals surface area contributed by atoms with Crippen molar-refractivity contribution in [3.05, 3.63) is 33.0 Å². The number of nitrogens with one attached hydrogen (secondary N) is 1. The van der Waals surface area contributed by atoms with E-state index in [1.165, 1.54) is 4.57 Å². The molecule has 9 nitrogen and oxygen atoms in total. The second-order valence-corrected chi connectivity index (χ2v) is 9.41. The Bertz CT molecular complexity index is 1020. The number of ether oxygens (including phenoxy) is 2. The summed E-state index contributed by atoms with van der Waals surface area (Å²) in [6.07, 6.45) is 1.27. The third-order valence-electron chi connectivity index (χ3n) is 4.89. The van der Waals surface area contributed by atoms with Crippen LogP contribution in [0.1, 0.15) is 33.6 Å². The summed E-state index contributed by atoms with van der Waals surface area (Å²) in [4.78, 5) is 27.0. The average Bonchev–Trinajstić information content (AvgIpc) is 2.71. The number of nitrogens with zero attached hydrogens (tertiary/aromatic N) is 4. The van der Waals surface area contributed by atoms with Crippen LogP contribution < -0.4 is 15.6 Å². The lowest BCUT2D eigenvalue weighted by Gasteiger charge is -2.34. The number of amides is 1. The summed E-state index contributed by atoms with van der Waals surface area (Å²) in [5.41, 5.74) is -0.189. The molecule has 1 aliphatic rings. The molecule has 0 bridgehead atoms. The summed E-state index contributed by atoms with van der Waals surface area (Å²) in [6.45, 7) is 6.57. The Hall–Kier alpha value is -2.62. The number of hydrogen-bond donors (Lipinski definition) is 1. The van der Waals surface area contributed by atoms with Crippen molar-refractivity contribution >= 4 is 27.8 Å². The number of benzene rings is 1. The first-order valence-corrected chi connectivity index (χ1v) is 10.9. The summed E-state index contributed by atoms with van der Waals surface area (Å²) < 4.78 is 13.2. The van der Waals surface area contributed by atoms with Gasteiger partial charge in [0.15, 0.2) is 5.82 Å². The zero-order chi connectivity index (χ0) is 22.8. The Kier molecular flexibility index (Phi) is 6.88. The topological polar surface area (TPSA) is 98.6 Å². The lowest BCUT2D eigenvalue weighted by molar-refractivity contribution is 0.0206. The van der Waals surface area contributed by atoms with E-state index >= 15 is 0 Å². The van der Waals surface area contributed by atoms with Gasteiger partial charge >= 0.3 is 6.09 Å². The largest absolute Gasteiger partial charge is 0.496 e. The Morgan fingerprint density at radius 3 is 2.71 bits per heavy atom. The Balaban J connectivity index is 1.78. The monoisotopic (exact) mass is 493 g/mol. The fourth-order valence-corrected chi connectivity index (χ4v) is 3.76.